The standard InChI is InChI=1S/C26H32N4O4S/c1-27-26(32)24-16-21-5-2-3-6-22(21)17-29(24)18-25(31)28-11-13-30(14-12-28)35(33,34)23-10-9-19-7-4-8-20(19)15-23/h2-3,5-6,9-10,15,24H,4,7-8,11-14,16-18H2,1H3,(H,27,32). The minimum absolute atomic E-state index is 0.0761. The van der Waals surface area contributed by atoms with Crippen LogP contribution in [0.3, 0.4) is 0 Å². The Morgan fingerprint density at radius 2 is 1.66 bits per heavy atom. The number of sulfonamides is 1. The van der Waals surface area contributed by atoms with Gasteiger partial charge in [0.2, 0.25) is 21.8 Å². The molecule has 2 aromatic rings. The second-order valence-corrected chi connectivity index (χ2v) is 11.5. The minimum atomic E-state index is -3.58. The van der Waals surface area contributed by atoms with Crippen molar-refractivity contribution in [3.8, 4) is 0 Å². The van der Waals surface area contributed by atoms with E-state index in [4.69, 9.17) is 0 Å². The third-order valence-corrected chi connectivity index (χ3v) is 9.43. The molecular formula is C26H32N4O4S. The number of amides is 2. The van der Waals surface area contributed by atoms with Crippen molar-refractivity contribution in [2.24, 2.45) is 0 Å². The molecule has 186 valence electrons. The zero-order valence-electron chi connectivity index (χ0n) is 20.1. The van der Waals surface area contributed by atoms with E-state index in [2.05, 4.69) is 5.32 Å². The number of piperazine rings is 1. The number of fused-ring (bicyclic) bond motifs is 2. The number of hydrogen-bond acceptors (Lipinski definition) is 5. The second kappa shape index (κ2) is 9.72. The van der Waals surface area contributed by atoms with Crippen LogP contribution in [0.15, 0.2) is 47.4 Å². The van der Waals surface area contributed by atoms with E-state index in [9.17, 15) is 18.0 Å². The van der Waals surface area contributed by atoms with Gasteiger partial charge in [0, 0.05) is 39.8 Å². The summed E-state index contributed by atoms with van der Waals surface area (Å²) in [4.78, 5) is 29.7. The van der Waals surface area contributed by atoms with Gasteiger partial charge in [0.05, 0.1) is 17.5 Å². The fourth-order valence-electron chi connectivity index (χ4n) is 5.48. The van der Waals surface area contributed by atoms with Gasteiger partial charge in [-0.3, -0.25) is 14.5 Å². The fourth-order valence-corrected chi connectivity index (χ4v) is 6.95. The lowest BCUT2D eigenvalue weighted by Gasteiger charge is -2.38. The second-order valence-electron chi connectivity index (χ2n) is 9.58. The highest BCUT2D eigenvalue weighted by molar-refractivity contribution is 7.89. The lowest BCUT2D eigenvalue weighted by Crippen LogP contribution is -2.56. The number of hydrogen-bond donors (Lipinski definition) is 1. The maximum Gasteiger partial charge on any atom is 0.243 e. The van der Waals surface area contributed by atoms with Crippen LogP contribution in [0, 0.1) is 0 Å². The predicted octanol–water partition coefficient (Wildman–Crippen LogP) is 1.18. The van der Waals surface area contributed by atoms with Gasteiger partial charge < -0.3 is 10.2 Å². The first-order valence-electron chi connectivity index (χ1n) is 12.3. The summed E-state index contributed by atoms with van der Waals surface area (Å²) in [6.07, 6.45) is 3.58. The highest BCUT2D eigenvalue weighted by Crippen LogP contribution is 2.27. The number of aryl methyl sites for hydroxylation is 2. The quantitative estimate of drug-likeness (QED) is 0.672. The van der Waals surface area contributed by atoms with Gasteiger partial charge >= 0.3 is 0 Å². The zero-order valence-corrected chi connectivity index (χ0v) is 20.9. The molecule has 0 bridgehead atoms. The number of rotatable bonds is 5. The van der Waals surface area contributed by atoms with Crippen LogP contribution in [-0.2, 0) is 45.4 Å². The van der Waals surface area contributed by atoms with Gasteiger partial charge in [-0.15, -0.1) is 0 Å². The van der Waals surface area contributed by atoms with E-state index >= 15 is 0 Å². The Kier molecular flexibility index (Phi) is 6.65. The average Bonchev–Trinajstić information content (AvgIpc) is 3.36. The Labute approximate surface area is 206 Å². The molecular weight excluding hydrogens is 464 g/mol. The van der Waals surface area contributed by atoms with Crippen molar-refractivity contribution in [2.75, 3.05) is 39.8 Å². The van der Waals surface area contributed by atoms with E-state index in [0.717, 1.165) is 36.0 Å². The monoisotopic (exact) mass is 496 g/mol. The summed E-state index contributed by atoms with van der Waals surface area (Å²) in [5, 5.41) is 2.72. The van der Waals surface area contributed by atoms with Crippen LogP contribution in [0.1, 0.15) is 28.7 Å². The van der Waals surface area contributed by atoms with E-state index in [1.165, 1.54) is 9.87 Å². The minimum Gasteiger partial charge on any atom is -0.358 e. The zero-order chi connectivity index (χ0) is 24.6. The summed E-state index contributed by atoms with van der Waals surface area (Å²) in [5.74, 6) is -0.176. The summed E-state index contributed by atoms with van der Waals surface area (Å²) in [7, 11) is -1.97. The molecule has 8 nitrogen and oxygen atoms in total. The number of nitrogens with zero attached hydrogens (tertiary/aromatic N) is 3. The van der Waals surface area contributed by atoms with Crippen molar-refractivity contribution >= 4 is 21.8 Å². The lowest BCUT2D eigenvalue weighted by molar-refractivity contribution is -0.136. The number of carbonyl (C=O) groups is 2. The van der Waals surface area contributed by atoms with Crippen molar-refractivity contribution in [1.82, 2.24) is 19.4 Å². The van der Waals surface area contributed by atoms with Gasteiger partial charge in [-0.2, -0.15) is 4.31 Å². The van der Waals surface area contributed by atoms with Gasteiger partial charge in [-0.25, -0.2) is 8.42 Å². The van der Waals surface area contributed by atoms with Gasteiger partial charge in [-0.05, 0) is 60.1 Å². The molecule has 0 saturated carbocycles. The first-order chi connectivity index (χ1) is 16.9. The third kappa shape index (κ3) is 4.72. The molecule has 9 heteroatoms. The molecule has 2 amide bonds. The van der Waals surface area contributed by atoms with Crippen LogP contribution in [0.5, 0.6) is 0 Å². The number of nitrogens with one attached hydrogen (secondary N) is 1. The molecule has 0 radical (unpaired) electrons. The number of likely N-dealkylation sites (N-methyl/N-ethyl adjacent to an activating group) is 1. The van der Waals surface area contributed by atoms with Gasteiger partial charge in [0.1, 0.15) is 0 Å². The smallest absolute Gasteiger partial charge is 0.243 e. The Balaban J connectivity index is 1.23. The molecule has 1 unspecified atom stereocenters. The Hall–Kier alpha value is -2.75. The topological polar surface area (TPSA) is 90.0 Å². The SMILES string of the molecule is CNC(=O)C1Cc2ccccc2CN1CC(=O)N1CCN(S(=O)(=O)c2ccc3c(c2)CCC3)CC1. The molecule has 35 heavy (non-hydrogen) atoms. The highest BCUT2D eigenvalue weighted by atomic mass is 32.2. The molecule has 5 rings (SSSR count). The summed E-state index contributed by atoms with van der Waals surface area (Å²) in [6, 6.07) is 13.1. The molecule has 0 aromatic heterocycles. The Morgan fingerprint density at radius 3 is 2.40 bits per heavy atom. The van der Waals surface area contributed by atoms with Gasteiger partial charge in [-0.1, -0.05) is 30.3 Å². The van der Waals surface area contributed by atoms with Crippen LogP contribution >= 0.6 is 0 Å². The normalized spacial score (nSPS) is 20.8. The van der Waals surface area contributed by atoms with E-state index in [0.29, 0.717) is 31.0 Å². The lowest BCUT2D eigenvalue weighted by atomic mass is 9.93. The number of benzene rings is 2. The molecule has 1 saturated heterocycles. The summed E-state index contributed by atoms with van der Waals surface area (Å²) in [6.45, 7) is 1.90. The van der Waals surface area contributed by atoms with Crippen LogP contribution in [0.25, 0.3) is 0 Å². The van der Waals surface area contributed by atoms with E-state index in [1.54, 1.807) is 18.0 Å². The summed E-state index contributed by atoms with van der Waals surface area (Å²) < 4.78 is 27.9. The fraction of sp³-hybridized carbons (Fsp3) is 0.462. The van der Waals surface area contributed by atoms with Crippen molar-refractivity contribution in [1.29, 1.82) is 0 Å². The average molecular weight is 497 g/mol. The van der Waals surface area contributed by atoms with Crippen molar-refractivity contribution < 1.29 is 18.0 Å². The van der Waals surface area contributed by atoms with Crippen LogP contribution < -0.4 is 5.32 Å². The molecule has 1 atom stereocenters. The molecule has 1 N–H and O–H groups in total. The molecule has 0 spiro atoms. The van der Waals surface area contributed by atoms with E-state index in [-0.39, 0.29) is 31.4 Å². The van der Waals surface area contributed by atoms with Crippen LogP contribution in [-0.4, -0.2) is 80.2 Å². The molecule has 2 aromatic carbocycles. The van der Waals surface area contributed by atoms with Crippen molar-refractivity contribution in [2.45, 2.75) is 43.2 Å². The Morgan fingerprint density at radius 1 is 0.943 bits per heavy atom. The van der Waals surface area contributed by atoms with Crippen LogP contribution in [0.2, 0.25) is 0 Å². The molecule has 1 aliphatic carbocycles. The molecule has 3 aliphatic rings. The highest BCUT2D eigenvalue weighted by Gasteiger charge is 2.35. The van der Waals surface area contributed by atoms with Gasteiger partial charge in [0.15, 0.2) is 0 Å². The maximum atomic E-state index is 13.2. The van der Waals surface area contributed by atoms with Crippen molar-refractivity contribution in [3.63, 3.8) is 0 Å². The third-order valence-electron chi connectivity index (χ3n) is 7.53. The first-order valence-corrected chi connectivity index (χ1v) is 13.7. The molecule has 2 heterocycles. The number of carbonyl (C=O) groups excluding carboxylic acids is 2. The van der Waals surface area contributed by atoms with Crippen LogP contribution in [0.4, 0.5) is 0 Å². The van der Waals surface area contributed by atoms with Crippen molar-refractivity contribution in [3.05, 3.63) is 64.7 Å². The van der Waals surface area contributed by atoms with Gasteiger partial charge in [0.25, 0.3) is 0 Å². The summed E-state index contributed by atoms with van der Waals surface area (Å²) >= 11 is 0. The predicted molar refractivity (Wildman–Crippen MR) is 132 cm³/mol. The van der Waals surface area contributed by atoms with E-state index < -0.39 is 16.1 Å². The summed E-state index contributed by atoms with van der Waals surface area (Å²) in [5.41, 5.74) is 4.64. The maximum absolute atomic E-state index is 13.2. The first kappa shape index (κ1) is 24.0. The molecule has 1 fully saturated rings. The molecule has 2 aliphatic heterocycles. The Bertz CT molecular complexity index is 1240. The van der Waals surface area contributed by atoms with E-state index in [1.807, 2.05) is 41.3 Å². The largest absolute Gasteiger partial charge is 0.358 e.